The van der Waals surface area contributed by atoms with Crippen LogP contribution >= 0.6 is 0 Å². The third-order valence-corrected chi connectivity index (χ3v) is 2.54. The van der Waals surface area contributed by atoms with Crippen molar-refractivity contribution in [1.29, 1.82) is 0 Å². The monoisotopic (exact) mass is 221 g/mol. The highest BCUT2D eigenvalue weighted by molar-refractivity contribution is 6.06. The average molecular weight is 221 g/mol. The summed E-state index contributed by atoms with van der Waals surface area (Å²) in [4.78, 5) is 15.4. The SMILES string of the molecule is CN=C1NC(=O)C(c2ccc(C)c(F)c2)N1. The molecule has 1 aromatic rings. The number of benzene rings is 1. The van der Waals surface area contributed by atoms with Gasteiger partial charge >= 0.3 is 0 Å². The zero-order valence-electron chi connectivity index (χ0n) is 9.04. The van der Waals surface area contributed by atoms with Crippen LogP contribution in [0, 0.1) is 12.7 Å². The smallest absolute Gasteiger partial charge is 0.253 e. The van der Waals surface area contributed by atoms with Gasteiger partial charge in [-0.2, -0.15) is 0 Å². The summed E-state index contributed by atoms with van der Waals surface area (Å²) in [7, 11) is 1.57. The fourth-order valence-electron chi connectivity index (χ4n) is 1.57. The summed E-state index contributed by atoms with van der Waals surface area (Å²) in [5.41, 5.74) is 1.16. The highest BCUT2D eigenvalue weighted by atomic mass is 19.1. The van der Waals surface area contributed by atoms with Crippen molar-refractivity contribution in [3.05, 3.63) is 35.1 Å². The number of rotatable bonds is 1. The Bertz CT molecular complexity index is 470. The topological polar surface area (TPSA) is 53.5 Å². The van der Waals surface area contributed by atoms with Gasteiger partial charge in [0.15, 0.2) is 5.96 Å². The van der Waals surface area contributed by atoms with E-state index in [2.05, 4.69) is 15.6 Å². The number of nitrogens with one attached hydrogen (secondary N) is 2. The van der Waals surface area contributed by atoms with Crippen LogP contribution in [0.25, 0.3) is 0 Å². The van der Waals surface area contributed by atoms with E-state index in [1.807, 2.05) is 0 Å². The van der Waals surface area contributed by atoms with Gasteiger partial charge in [-0.05, 0) is 24.1 Å². The van der Waals surface area contributed by atoms with Crippen LogP contribution in [0.4, 0.5) is 4.39 Å². The minimum Gasteiger partial charge on any atom is -0.340 e. The van der Waals surface area contributed by atoms with Crippen LogP contribution < -0.4 is 10.6 Å². The normalized spacial score (nSPS) is 22.1. The summed E-state index contributed by atoms with van der Waals surface area (Å²) in [6.07, 6.45) is 0. The largest absolute Gasteiger partial charge is 0.340 e. The lowest BCUT2D eigenvalue weighted by Gasteiger charge is -2.08. The Morgan fingerprint density at radius 3 is 2.75 bits per heavy atom. The van der Waals surface area contributed by atoms with Gasteiger partial charge in [-0.1, -0.05) is 12.1 Å². The molecule has 1 aliphatic rings. The van der Waals surface area contributed by atoms with Crippen LogP contribution in [0.5, 0.6) is 0 Å². The van der Waals surface area contributed by atoms with Crippen molar-refractivity contribution in [1.82, 2.24) is 10.6 Å². The predicted molar refractivity (Wildman–Crippen MR) is 58.5 cm³/mol. The van der Waals surface area contributed by atoms with Gasteiger partial charge < -0.3 is 5.32 Å². The summed E-state index contributed by atoms with van der Waals surface area (Å²) in [6.45, 7) is 1.68. The first-order valence-corrected chi connectivity index (χ1v) is 4.92. The van der Waals surface area contributed by atoms with E-state index in [0.29, 0.717) is 17.1 Å². The third-order valence-electron chi connectivity index (χ3n) is 2.54. The lowest BCUT2D eigenvalue weighted by Crippen LogP contribution is -2.24. The fourth-order valence-corrected chi connectivity index (χ4v) is 1.57. The summed E-state index contributed by atoms with van der Waals surface area (Å²) < 4.78 is 13.3. The maximum absolute atomic E-state index is 13.3. The average Bonchev–Trinajstić information content (AvgIpc) is 2.64. The van der Waals surface area contributed by atoms with E-state index in [1.165, 1.54) is 6.07 Å². The molecule has 0 bridgehead atoms. The van der Waals surface area contributed by atoms with Crippen LogP contribution in [-0.2, 0) is 4.79 Å². The minimum atomic E-state index is -0.561. The maximum Gasteiger partial charge on any atom is 0.253 e. The van der Waals surface area contributed by atoms with Crippen molar-refractivity contribution in [2.45, 2.75) is 13.0 Å². The minimum absolute atomic E-state index is 0.219. The molecule has 2 rings (SSSR count). The number of hydrogen-bond donors (Lipinski definition) is 2. The molecule has 1 fully saturated rings. The molecule has 4 nitrogen and oxygen atoms in total. The molecule has 0 saturated carbocycles. The summed E-state index contributed by atoms with van der Waals surface area (Å²) in [5.74, 6) is -0.117. The van der Waals surface area contributed by atoms with Gasteiger partial charge in [0.1, 0.15) is 11.9 Å². The van der Waals surface area contributed by atoms with Crippen LogP contribution in [0.3, 0.4) is 0 Å². The molecule has 1 aromatic carbocycles. The van der Waals surface area contributed by atoms with Crippen LogP contribution in [0.2, 0.25) is 0 Å². The van der Waals surface area contributed by atoms with E-state index in [9.17, 15) is 9.18 Å². The van der Waals surface area contributed by atoms with E-state index < -0.39 is 6.04 Å². The number of hydrogen-bond acceptors (Lipinski definition) is 2. The van der Waals surface area contributed by atoms with Gasteiger partial charge in [-0.15, -0.1) is 0 Å². The third kappa shape index (κ3) is 1.76. The Kier molecular flexibility index (Phi) is 2.60. The maximum atomic E-state index is 13.3. The molecule has 0 spiro atoms. The Morgan fingerprint density at radius 1 is 1.44 bits per heavy atom. The summed E-state index contributed by atoms with van der Waals surface area (Å²) in [5, 5.41) is 5.44. The molecule has 1 atom stereocenters. The zero-order valence-corrected chi connectivity index (χ0v) is 9.04. The number of aliphatic imine (C=N–C) groups is 1. The van der Waals surface area contributed by atoms with E-state index in [1.54, 1.807) is 26.1 Å². The first-order valence-electron chi connectivity index (χ1n) is 4.92. The number of amides is 1. The van der Waals surface area contributed by atoms with Crippen molar-refractivity contribution in [2.75, 3.05) is 7.05 Å². The predicted octanol–water partition coefficient (Wildman–Crippen LogP) is 0.880. The van der Waals surface area contributed by atoms with Gasteiger partial charge in [-0.3, -0.25) is 15.1 Å². The molecule has 1 aliphatic heterocycles. The Morgan fingerprint density at radius 2 is 2.19 bits per heavy atom. The molecule has 0 aliphatic carbocycles. The Balaban J connectivity index is 2.31. The van der Waals surface area contributed by atoms with Crippen molar-refractivity contribution < 1.29 is 9.18 Å². The Labute approximate surface area is 92.6 Å². The highest BCUT2D eigenvalue weighted by Crippen LogP contribution is 2.19. The summed E-state index contributed by atoms with van der Waals surface area (Å²) in [6, 6.07) is 4.19. The van der Waals surface area contributed by atoms with Gasteiger partial charge in [0.05, 0.1) is 0 Å². The van der Waals surface area contributed by atoms with Crippen LogP contribution in [0.1, 0.15) is 17.2 Å². The molecule has 1 unspecified atom stereocenters. The molecule has 1 heterocycles. The summed E-state index contributed by atoms with van der Waals surface area (Å²) >= 11 is 0. The van der Waals surface area contributed by atoms with Crippen LogP contribution in [0.15, 0.2) is 23.2 Å². The second-order valence-electron chi connectivity index (χ2n) is 3.65. The molecular formula is C11H12FN3O. The molecule has 5 heteroatoms. The van der Waals surface area contributed by atoms with E-state index in [0.717, 1.165) is 0 Å². The zero-order chi connectivity index (χ0) is 11.7. The second kappa shape index (κ2) is 3.92. The number of aryl methyl sites for hydroxylation is 1. The van der Waals surface area contributed by atoms with Gasteiger partial charge in [0.2, 0.25) is 0 Å². The van der Waals surface area contributed by atoms with Crippen molar-refractivity contribution in [3.63, 3.8) is 0 Å². The first kappa shape index (κ1) is 10.6. The fraction of sp³-hybridized carbons (Fsp3) is 0.273. The molecule has 2 N–H and O–H groups in total. The molecule has 0 aromatic heterocycles. The molecule has 1 amide bonds. The van der Waals surface area contributed by atoms with E-state index in [-0.39, 0.29) is 11.7 Å². The lowest BCUT2D eigenvalue weighted by molar-refractivity contribution is -0.120. The molecule has 16 heavy (non-hydrogen) atoms. The number of carbonyl (C=O) groups excluding carboxylic acids is 1. The van der Waals surface area contributed by atoms with Crippen molar-refractivity contribution in [2.24, 2.45) is 4.99 Å². The van der Waals surface area contributed by atoms with E-state index >= 15 is 0 Å². The van der Waals surface area contributed by atoms with Gasteiger partial charge in [0, 0.05) is 7.05 Å². The van der Waals surface area contributed by atoms with Gasteiger partial charge in [-0.25, -0.2) is 4.39 Å². The van der Waals surface area contributed by atoms with Crippen LogP contribution in [-0.4, -0.2) is 18.9 Å². The quantitative estimate of drug-likeness (QED) is 0.739. The molecular weight excluding hydrogens is 209 g/mol. The number of carbonyl (C=O) groups is 1. The molecule has 1 saturated heterocycles. The Hall–Kier alpha value is -1.91. The number of guanidine groups is 1. The van der Waals surface area contributed by atoms with Crippen molar-refractivity contribution >= 4 is 11.9 Å². The number of halogens is 1. The number of nitrogens with zero attached hydrogens (tertiary/aromatic N) is 1. The first-order chi connectivity index (χ1) is 7.61. The van der Waals surface area contributed by atoms with Crippen molar-refractivity contribution in [3.8, 4) is 0 Å². The second-order valence-corrected chi connectivity index (χ2v) is 3.65. The molecule has 0 radical (unpaired) electrons. The van der Waals surface area contributed by atoms with Gasteiger partial charge in [0.25, 0.3) is 5.91 Å². The van der Waals surface area contributed by atoms with E-state index in [4.69, 9.17) is 0 Å². The lowest BCUT2D eigenvalue weighted by atomic mass is 10.1. The standard InChI is InChI=1S/C11H12FN3O/c1-6-3-4-7(5-8(6)12)9-10(16)15-11(13-2)14-9/h3-5,9H,1-2H3,(H2,13,14,15,16). The molecule has 84 valence electrons. The highest BCUT2D eigenvalue weighted by Gasteiger charge is 2.29.